The average Bonchev–Trinajstić information content (AvgIpc) is 3.31. The molecule has 128 valence electrons. The van der Waals surface area contributed by atoms with Crippen molar-refractivity contribution in [2.75, 3.05) is 6.54 Å². The van der Waals surface area contributed by atoms with Crippen LogP contribution in [0.2, 0.25) is 5.02 Å². The van der Waals surface area contributed by atoms with Crippen molar-refractivity contribution in [3.05, 3.63) is 57.9 Å². The molecule has 1 atom stereocenters. The molecule has 0 N–H and O–H groups in total. The molecule has 3 heterocycles. The minimum atomic E-state index is -0.396. The lowest BCUT2D eigenvalue weighted by Crippen LogP contribution is -2.24. The van der Waals surface area contributed by atoms with Crippen molar-refractivity contribution < 1.29 is 13.7 Å². The first kappa shape index (κ1) is 16.2. The number of hydrogen-bond donors (Lipinski definition) is 0. The Morgan fingerprint density at radius 3 is 3.04 bits per heavy atom. The number of halogens is 2. The van der Waals surface area contributed by atoms with Crippen LogP contribution >= 0.6 is 22.9 Å². The Hall–Kier alpha value is -2.25. The van der Waals surface area contributed by atoms with Crippen LogP contribution in [0, 0.1) is 5.82 Å². The Morgan fingerprint density at radius 1 is 1.40 bits per heavy atom. The molecule has 1 aliphatic heterocycles. The summed E-state index contributed by atoms with van der Waals surface area (Å²) in [5.41, 5.74) is 0.712. The van der Waals surface area contributed by atoms with Crippen molar-refractivity contribution in [3.8, 4) is 10.8 Å². The molecule has 1 saturated heterocycles. The van der Waals surface area contributed by atoms with E-state index in [9.17, 15) is 9.18 Å². The Morgan fingerprint density at radius 2 is 2.28 bits per heavy atom. The largest absolute Gasteiger partial charge is 0.338 e. The SMILES string of the molecule is O=C1CC(c2noc(-c3cccs3)n2)CN1Cc1ccc(F)cc1Cl. The highest BCUT2D eigenvalue weighted by atomic mass is 35.5. The minimum Gasteiger partial charge on any atom is -0.338 e. The Bertz CT molecular complexity index is 913. The molecule has 8 heteroatoms. The van der Waals surface area contributed by atoms with Gasteiger partial charge in [0, 0.05) is 30.5 Å². The summed E-state index contributed by atoms with van der Waals surface area (Å²) in [5.74, 6) is 0.478. The van der Waals surface area contributed by atoms with Crippen LogP contribution < -0.4 is 0 Å². The van der Waals surface area contributed by atoms with Crippen LogP contribution in [0.15, 0.2) is 40.2 Å². The van der Waals surface area contributed by atoms with E-state index < -0.39 is 5.82 Å². The topological polar surface area (TPSA) is 59.2 Å². The molecular formula is C17H13ClFN3O2S. The van der Waals surface area contributed by atoms with Crippen molar-refractivity contribution in [1.82, 2.24) is 15.0 Å². The molecule has 1 fully saturated rings. The second kappa shape index (κ2) is 6.57. The maximum absolute atomic E-state index is 13.1. The van der Waals surface area contributed by atoms with Crippen molar-refractivity contribution in [2.45, 2.75) is 18.9 Å². The maximum Gasteiger partial charge on any atom is 0.267 e. The Balaban J connectivity index is 1.48. The summed E-state index contributed by atoms with van der Waals surface area (Å²) in [6, 6.07) is 8.01. The number of aromatic nitrogens is 2. The maximum atomic E-state index is 13.1. The fraction of sp³-hybridized carbons (Fsp3) is 0.235. The number of carbonyl (C=O) groups excluding carboxylic acids is 1. The summed E-state index contributed by atoms with van der Waals surface area (Å²) >= 11 is 7.57. The number of thiophene rings is 1. The van der Waals surface area contributed by atoms with Crippen molar-refractivity contribution >= 4 is 28.8 Å². The van der Waals surface area contributed by atoms with E-state index in [4.69, 9.17) is 16.1 Å². The summed E-state index contributed by atoms with van der Waals surface area (Å²) in [5, 5.41) is 6.28. The highest BCUT2D eigenvalue weighted by molar-refractivity contribution is 7.13. The van der Waals surface area contributed by atoms with Crippen LogP contribution in [0.25, 0.3) is 10.8 Å². The van der Waals surface area contributed by atoms with E-state index in [-0.39, 0.29) is 11.8 Å². The van der Waals surface area contributed by atoms with Crippen LogP contribution in [0.3, 0.4) is 0 Å². The van der Waals surface area contributed by atoms with Crippen LogP contribution in [0.1, 0.15) is 23.7 Å². The molecule has 2 aromatic heterocycles. The third-order valence-corrected chi connectivity index (χ3v) is 5.34. The number of benzene rings is 1. The monoisotopic (exact) mass is 377 g/mol. The van der Waals surface area contributed by atoms with Gasteiger partial charge in [0.05, 0.1) is 4.88 Å². The van der Waals surface area contributed by atoms with Crippen molar-refractivity contribution in [3.63, 3.8) is 0 Å². The lowest BCUT2D eigenvalue weighted by Gasteiger charge is -2.17. The first-order chi connectivity index (χ1) is 12.1. The standard InChI is InChI=1S/C17H13ClFN3O2S/c18-13-7-12(19)4-3-10(13)8-22-9-11(6-15(22)23)16-20-17(24-21-16)14-2-1-5-25-14/h1-5,7,11H,6,8-9H2. The molecule has 4 rings (SSSR count). The minimum absolute atomic E-state index is 0.00661. The van der Waals surface area contributed by atoms with E-state index in [1.807, 2.05) is 17.5 Å². The third kappa shape index (κ3) is 3.29. The lowest BCUT2D eigenvalue weighted by atomic mass is 10.1. The highest BCUT2D eigenvalue weighted by Gasteiger charge is 2.34. The first-order valence-corrected chi connectivity index (χ1v) is 8.95. The smallest absolute Gasteiger partial charge is 0.267 e. The van der Waals surface area contributed by atoms with Gasteiger partial charge in [-0.15, -0.1) is 11.3 Å². The molecule has 1 amide bonds. The Labute approximate surface area is 152 Å². The molecular weight excluding hydrogens is 365 g/mol. The number of amides is 1. The molecule has 3 aromatic rings. The fourth-order valence-corrected chi connectivity index (χ4v) is 3.73. The predicted octanol–water partition coefficient (Wildman–Crippen LogP) is 4.11. The van der Waals surface area contributed by atoms with Gasteiger partial charge >= 0.3 is 0 Å². The van der Waals surface area contributed by atoms with E-state index in [1.54, 1.807) is 11.0 Å². The molecule has 1 unspecified atom stereocenters. The van der Waals surface area contributed by atoms with E-state index in [1.165, 1.54) is 23.5 Å². The molecule has 25 heavy (non-hydrogen) atoms. The van der Waals surface area contributed by atoms with Gasteiger partial charge in [0.1, 0.15) is 5.82 Å². The van der Waals surface area contributed by atoms with Gasteiger partial charge in [-0.1, -0.05) is 28.9 Å². The zero-order valence-electron chi connectivity index (χ0n) is 13.0. The van der Waals surface area contributed by atoms with Gasteiger partial charge in [0.25, 0.3) is 5.89 Å². The zero-order valence-corrected chi connectivity index (χ0v) is 14.6. The molecule has 0 radical (unpaired) electrons. The normalized spacial score (nSPS) is 17.4. The van der Waals surface area contributed by atoms with E-state index in [0.717, 1.165) is 4.88 Å². The fourth-order valence-electron chi connectivity index (χ4n) is 2.85. The predicted molar refractivity (Wildman–Crippen MR) is 91.8 cm³/mol. The van der Waals surface area contributed by atoms with Gasteiger partial charge < -0.3 is 9.42 Å². The molecule has 0 spiro atoms. The van der Waals surface area contributed by atoms with Crippen LogP contribution in [-0.4, -0.2) is 27.5 Å². The van der Waals surface area contributed by atoms with Gasteiger partial charge in [0.15, 0.2) is 5.82 Å². The molecule has 0 bridgehead atoms. The second-order valence-corrected chi connectivity index (χ2v) is 7.20. The van der Waals surface area contributed by atoms with Crippen LogP contribution in [0.5, 0.6) is 0 Å². The van der Waals surface area contributed by atoms with Gasteiger partial charge in [0.2, 0.25) is 5.91 Å². The highest BCUT2D eigenvalue weighted by Crippen LogP contribution is 2.31. The molecule has 0 aliphatic carbocycles. The number of rotatable bonds is 4. The zero-order chi connectivity index (χ0) is 17.4. The van der Waals surface area contributed by atoms with Crippen LogP contribution in [-0.2, 0) is 11.3 Å². The summed E-state index contributed by atoms with van der Waals surface area (Å²) in [4.78, 5) is 19.3. The molecule has 0 saturated carbocycles. The average molecular weight is 378 g/mol. The van der Waals surface area contributed by atoms with Gasteiger partial charge in [-0.25, -0.2) is 4.39 Å². The number of hydrogen-bond acceptors (Lipinski definition) is 5. The van der Waals surface area contributed by atoms with Gasteiger partial charge in [-0.05, 0) is 29.1 Å². The first-order valence-electron chi connectivity index (χ1n) is 7.69. The number of nitrogens with zero attached hydrogens (tertiary/aromatic N) is 3. The molecule has 1 aromatic carbocycles. The van der Waals surface area contributed by atoms with Gasteiger partial charge in [-0.2, -0.15) is 4.98 Å². The van der Waals surface area contributed by atoms with E-state index in [2.05, 4.69) is 10.1 Å². The van der Waals surface area contributed by atoms with Crippen LogP contribution in [0.4, 0.5) is 4.39 Å². The summed E-state index contributed by atoms with van der Waals surface area (Å²) in [6.45, 7) is 0.819. The quantitative estimate of drug-likeness (QED) is 0.686. The summed E-state index contributed by atoms with van der Waals surface area (Å²) in [6.07, 6.45) is 0.322. The Kier molecular flexibility index (Phi) is 4.27. The van der Waals surface area contributed by atoms with Crippen molar-refractivity contribution in [1.29, 1.82) is 0 Å². The summed E-state index contributed by atoms with van der Waals surface area (Å²) in [7, 11) is 0. The third-order valence-electron chi connectivity index (χ3n) is 4.13. The second-order valence-electron chi connectivity index (χ2n) is 5.85. The molecule has 1 aliphatic rings. The summed E-state index contributed by atoms with van der Waals surface area (Å²) < 4.78 is 18.4. The van der Waals surface area contributed by atoms with E-state index >= 15 is 0 Å². The number of carbonyl (C=O) groups is 1. The van der Waals surface area contributed by atoms with Gasteiger partial charge in [-0.3, -0.25) is 4.79 Å². The lowest BCUT2D eigenvalue weighted by molar-refractivity contribution is -0.128. The van der Waals surface area contributed by atoms with Crippen molar-refractivity contribution in [2.24, 2.45) is 0 Å². The van der Waals surface area contributed by atoms with E-state index in [0.29, 0.717) is 41.8 Å². The number of likely N-dealkylation sites (tertiary alicyclic amines) is 1. The molecule has 5 nitrogen and oxygen atoms in total.